The Bertz CT molecular complexity index is 360. The van der Waals surface area contributed by atoms with Gasteiger partial charge in [-0.15, -0.1) is 0 Å². The van der Waals surface area contributed by atoms with Crippen LogP contribution in [-0.4, -0.2) is 6.04 Å². The molecule has 2 rings (SSSR count). The molecule has 1 aliphatic carbocycles. The molecule has 0 aromatic heterocycles. The molecule has 1 fully saturated rings. The Morgan fingerprint density at radius 2 is 2.06 bits per heavy atom. The fraction of sp³-hybridized carbons (Fsp3) is 0.600. The number of alkyl halides is 1. The van der Waals surface area contributed by atoms with Crippen LogP contribution in [0.25, 0.3) is 0 Å². The van der Waals surface area contributed by atoms with Crippen LogP contribution < -0.4 is 5.73 Å². The van der Waals surface area contributed by atoms with Crippen LogP contribution in [-0.2, 0) is 12.1 Å². The van der Waals surface area contributed by atoms with E-state index in [1.54, 1.807) is 0 Å². The van der Waals surface area contributed by atoms with Gasteiger partial charge in [0.1, 0.15) is 5.67 Å². The van der Waals surface area contributed by atoms with E-state index < -0.39 is 5.67 Å². The third-order valence-corrected chi connectivity index (χ3v) is 3.74. The van der Waals surface area contributed by atoms with Crippen molar-refractivity contribution >= 4 is 0 Å². The van der Waals surface area contributed by atoms with E-state index in [1.807, 2.05) is 12.1 Å². The van der Waals surface area contributed by atoms with Gasteiger partial charge in [-0.3, -0.25) is 0 Å². The molecule has 2 N–H and O–H groups in total. The van der Waals surface area contributed by atoms with Crippen molar-refractivity contribution in [3.05, 3.63) is 35.4 Å². The van der Waals surface area contributed by atoms with Crippen LogP contribution in [0.5, 0.6) is 0 Å². The standard InChI is InChI=1S/C15H22FN/c1-2-4-12-6-8-13(9-7-12)15(16)10-3-5-14(17)11-15/h6-9,14H,2-5,10-11,17H2,1H3. The summed E-state index contributed by atoms with van der Waals surface area (Å²) in [5, 5.41) is 0. The highest BCUT2D eigenvalue weighted by Crippen LogP contribution is 2.40. The van der Waals surface area contributed by atoms with Gasteiger partial charge < -0.3 is 5.73 Å². The molecule has 1 aromatic rings. The smallest absolute Gasteiger partial charge is 0.137 e. The summed E-state index contributed by atoms with van der Waals surface area (Å²) in [6.07, 6.45) is 5.14. The van der Waals surface area contributed by atoms with Crippen LogP contribution in [0.4, 0.5) is 4.39 Å². The van der Waals surface area contributed by atoms with Crippen LogP contribution in [0.3, 0.4) is 0 Å². The SMILES string of the molecule is CCCc1ccc(C2(F)CCCC(N)C2)cc1. The zero-order valence-electron chi connectivity index (χ0n) is 10.6. The first kappa shape index (κ1) is 12.6. The normalized spacial score (nSPS) is 29.2. The molecule has 0 heterocycles. The summed E-state index contributed by atoms with van der Waals surface area (Å²) < 4.78 is 14.8. The molecule has 0 amide bonds. The average Bonchev–Trinajstić information content (AvgIpc) is 2.30. The minimum atomic E-state index is -1.19. The van der Waals surface area contributed by atoms with Crippen molar-refractivity contribution < 1.29 is 4.39 Å². The van der Waals surface area contributed by atoms with Gasteiger partial charge >= 0.3 is 0 Å². The van der Waals surface area contributed by atoms with E-state index in [2.05, 4.69) is 19.1 Å². The molecule has 2 atom stereocenters. The van der Waals surface area contributed by atoms with Crippen LogP contribution >= 0.6 is 0 Å². The Kier molecular flexibility index (Phi) is 3.82. The van der Waals surface area contributed by atoms with Gasteiger partial charge in [0.15, 0.2) is 0 Å². The number of halogens is 1. The Balaban J connectivity index is 2.15. The molecule has 0 radical (unpaired) electrons. The molecule has 2 heteroatoms. The monoisotopic (exact) mass is 235 g/mol. The Hall–Kier alpha value is -0.890. The van der Waals surface area contributed by atoms with E-state index in [0.29, 0.717) is 12.8 Å². The van der Waals surface area contributed by atoms with E-state index in [-0.39, 0.29) is 6.04 Å². The average molecular weight is 235 g/mol. The second-order valence-electron chi connectivity index (χ2n) is 5.27. The summed E-state index contributed by atoms with van der Waals surface area (Å²) in [6, 6.07) is 8.02. The van der Waals surface area contributed by atoms with E-state index in [0.717, 1.165) is 31.2 Å². The second-order valence-corrected chi connectivity index (χ2v) is 5.27. The van der Waals surface area contributed by atoms with E-state index in [1.165, 1.54) is 5.56 Å². The molecule has 1 aliphatic rings. The molecule has 94 valence electrons. The Morgan fingerprint density at radius 1 is 1.35 bits per heavy atom. The first-order chi connectivity index (χ1) is 8.14. The molecule has 1 nitrogen and oxygen atoms in total. The molecular weight excluding hydrogens is 213 g/mol. The predicted octanol–water partition coefficient (Wildman–Crippen LogP) is 3.71. The van der Waals surface area contributed by atoms with Gasteiger partial charge in [-0.1, -0.05) is 37.6 Å². The van der Waals surface area contributed by atoms with Gasteiger partial charge in [-0.05, 0) is 36.8 Å². The Morgan fingerprint density at radius 3 is 2.65 bits per heavy atom. The predicted molar refractivity (Wildman–Crippen MR) is 69.7 cm³/mol. The van der Waals surface area contributed by atoms with Gasteiger partial charge in [-0.2, -0.15) is 0 Å². The zero-order chi connectivity index (χ0) is 12.3. The first-order valence-corrected chi connectivity index (χ1v) is 6.68. The maximum absolute atomic E-state index is 14.8. The number of hydrogen-bond donors (Lipinski definition) is 1. The lowest BCUT2D eigenvalue weighted by atomic mass is 9.79. The van der Waals surface area contributed by atoms with E-state index >= 15 is 0 Å². The van der Waals surface area contributed by atoms with Gasteiger partial charge in [-0.25, -0.2) is 4.39 Å². The van der Waals surface area contributed by atoms with Crippen molar-refractivity contribution in [2.75, 3.05) is 0 Å². The van der Waals surface area contributed by atoms with Gasteiger partial charge in [0.25, 0.3) is 0 Å². The molecule has 17 heavy (non-hydrogen) atoms. The number of rotatable bonds is 3. The van der Waals surface area contributed by atoms with Crippen molar-refractivity contribution in [3.63, 3.8) is 0 Å². The first-order valence-electron chi connectivity index (χ1n) is 6.68. The summed E-state index contributed by atoms with van der Waals surface area (Å²) in [7, 11) is 0. The summed E-state index contributed by atoms with van der Waals surface area (Å²) in [5.74, 6) is 0. The minimum Gasteiger partial charge on any atom is -0.328 e. The number of nitrogens with two attached hydrogens (primary N) is 1. The largest absolute Gasteiger partial charge is 0.328 e. The fourth-order valence-corrected chi connectivity index (χ4v) is 2.79. The van der Waals surface area contributed by atoms with Crippen molar-refractivity contribution in [1.82, 2.24) is 0 Å². The minimum absolute atomic E-state index is 0.0177. The van der Waals surface area contributed by atoms with Crippen LogP contribution in [0.2, 0.25) is 0 Å². The number of aryl methyl sites for hydroxylation is 1. The molecule has 1 saturated carbocycles. The highest BCUT2D eigenvalue weighted by Gasteiger charge is 2.36. The lowest BCUT2D eigenvalue weighted by molar-refractivity contribution is 0.0947. The van der Waals surface area contributed by atoms with E-state index in [9.17, 15) is 4.39 Å². The zero-order valence-corrected chi connectivity index (χ0v) is 10.6. The third kappa shape index (κ3) is 2.86. The van der Waals surface area contributed by atoms with Crippen molar-refractivity contribution in [3.8, 4) is 0 Å². The second kappa shape index (κ2) is 5.18. The number of hydrogen-bond acceptors (Lipinski definition) is 1. The molecule has 0 aliphatic heterocycles. The summed E-state index contributed by atoms with van der Waals surface area (Å²) in [6.45, 7) is 2.16. The molecule has 0 bridgehead atoms. The van der Waals surface area contributed by atoms with Crippen LogP contribution in [0.15, 0.2) is 24.3 Å². The molecule has 1 aromatic carbocycles. The van der Waals surface area contributed by atoms with Crippen molar-refractivity contribution in [2.45, 2.75) is 57.2 Å². The highest BCUT2D eigenvalue weighted by atomic mass is 19.1. The molecule has 0 saturated heterocycles. The maximum atomic E-state index is 14.8. The summed E-state index contributed by atoms with van der Waals surface area (Å²) in [4.78, 5) is 0. The fourth-order valence-electron chi connectivity index (χ4n) is 2.79. The maximum Gasteiger partial charge on any atom is 0.137 e. The van der Waals surface area contributed by atoms with E-state index in [4.69, 9.17) is 5.73 Å². The summed E-state index contributed by atoms with van der Waals surface area (Å²) >= 11 is 0. The lowest BCUT2D eigenvalue weighted by Gasteiger charge is -2.33. The molecule has 0 spiro atoms. The summed E-state index contributed by atoms with van der Waals surface area (Å²) in [5.41, 5.74) is 6.80. The molecule has 2 unspecified atom stereocenters. The van der Waals surface area contributed by atoms with Crippen molar-refractivity contribution in [1.29, 1.82) is 0 Å². The van der Waals surface area contributed by atoms with Crippen molar-refractivity contribution in [2.24, 2.45) is 5.73 Å². The Labute approximate surface area is 103 Å². The third-order valence-electron chi connectivity index (χ3n) is 3.74. The molecular formula is C15H22FN. The van der Waals surface area contributed by atoms with Crippen LogP contribution in [0, 0.1) is 0 Å². The van der Waals surface area contributed by atoms with Crippen LogP contribution in [0.1, 0.15) is 50.2 Å². The topological polar surface area (TPSA) is 26.0 Å². The van der Waals surface area contributed by atoms with Gasteiger partial charge in [0.05, 0.1) is 0 Å². The number of benzene rings is 1. The highest BCUT2D eigenvalue weighted by molar-refractivity contribution is 5.28. The van der Waals surface area contributed by atoms with Gasteiger partial charge in [0, 0.05) is 12.5 Å². The lowest BCUT2D eigenvalue weighted by Crippen LogP contribution is -2.36. The quantitative estimate of drug-likeness (QED) is 0.849. The van der Waals surface area contributed by atoms with Gasteiger partial charge in [0.2, 0.25) is 0 Å².